The molecule has 2 heteroatoms. The molecule has 0 aromatic carbocycles. The van der Waals surface area contributed by atoms with Gasteiger partial charge in [-0.1, -0.05) is 18.2 Å². The molecule has 1 fully saturated rings. The lowest BCUT2D eigenvalue weighted by Gasteiger charge is -1.94. The zero-order valence-electron chi connectivity index (χ0n) is 6.83. The van der Waals surface area contributed by atoms with E-state index in [1.807, 2.05) is 32.1 Å². The molecule has 0 aromatic heterocycles. The maximum absolute atomic E-state index is 11.0. The number of allylic oxidation sites excluding steroid dienone is 3. The summed E-state index contributed by atoms with van der Waals surface area (Å²) >= 11 is 0. The summed E-state index contributed by atoms with van der Waals surface area (Å²) in [7, 11) is 0. The highest BCUT2D eigenvalue weighted by Crippen LogP contribution is 2.19. The molecule has 0 spiro atoms. The van der Waals surface area contributed by atoms with Gasteiger partial charge in [0, 0.05) is 12.0 Å². The maximum atomic E-state index is 11.0. The second-order valence-corrected chi connectivity index (χ2v) is 2.64. The van der Waals surface area contributed by atoms with Crippen molar-refractivity contribution >= 4 is 5.97 Å². The van der Waals surface area contributed by atoms with Crippen molar-refractivity contribution in [2.75, 3.05) is 0 Å². The van der Waals surface area contributed by atoms with Crippen molar-refractivity contribution in [3.8, 4) is 0 Å². The summed E-state index contributed by atoms with van der Waals surface area (Å²) in [4.78, 5) is 11.0. The topological polar surface area (TPSA) is 26.3 Å². The Morgan fingerprint density at radius 1 is 1.64 bits per heavy atom. The van der Waals surface area contributed by atoms with E-state index in [1.54, 1.807) is 0 Å². The van der Waals surface area contributed by atoms with Crippen LogP contribution in [-0.4, -0.2) is 12.1 Å². The van der Waals surface area contributed by atoms with Crippen molar-refractivity contribution in [1.29, 1.82) is 0 Å². The van der Waals surface area contributed by atoms with Crippen molar-refractivity contribution in [3.63, 3.8) is 0 Å². The summed E-state index contributed by atoms with van der Waals surface area (Å²) in [5.74, 6) is -0.171. The first-order valence-electron chi connectivity index (χ1n) is 3.77. The van der Waals surface area contributed by atoms with Gasteiger partial charge in [-0.05, 0) is 13.8 Å². The van der Waals surface area contributed by atoms with E-state index in [0.717, 1.165) is 12.0 Å². The van der Waals surface area contributed by atoms with Crippen molar-refractivity contribution < 1.29 is 9.53 Å². The SMILES string of the molecule is CC=C/C=C1/CC(C)OC1=O. The molecular weight excluding hydrogens is 140 g/mol. The summed E-state index contributed by atoms with van der Waals surface area (Å²) in [5.41, 5.74) is 0.774. The molecule has 1 unspecified atom stereocenters. The van der Waals surface area contributed by atoms with E-state index in [0.29, 0.717) is 0 Å². The average molecular weight is 152 g/mol. The Bertz CT molecular complexity index is 214. The van der Waals surface area contributed by atoms with Crippen molar-refractivity contribution in [3.05, 3.63) is 23.8 Å². The van der Waals surface area contributed by atoms with Crippen LogP contribution < -0.4 is 0 Å². The summed E-state index contributed by atoms with van der Waals surface area (Å²) in [6.07, 6.45) is 6.35. The number of hydrogen-bond donors (Lipinski definition) is 0. The van der Waals surface area contributed by atoms with Gasteiger partial charge in [0.05, 0.1) is 0 Å². The summed E-state index contributed by atoms with van der Waals surface area (Å²) < 4.78 is 4.93. The predicted molar refractivity (Wildman–Crippen MR) is 43.1 cm³/mol. The molecule has 2 nitrogen and oxygen atoms in total. The Morgan fingerprint density at radius 2 is 2.36 bits per heavy atom. The molecule has 1 heterocycles. The van der Waals surface area contributed by atoms with Crippen LogP contribution in [0, 0.1) is 0 Å². The molecule has 11 heavy (non-hydrogen) atoms. The van der Waals surface area contributed by atoms with E-state index in [2.05, 4.69) is 0 Å². The normalized spacial score (nSPS) is 28.4. The first kappa shape index (κ1) is 8.05. The number of hydrogen-bond acceptors (Lipinski definition) is 2. The van der Waals surface area contributed by atoms with Gasteiger partial charge < -0.3 is 4.74 Å². The second kappa shape index (κ2) is 3.37. The number of carbonyl (C=O) groups excluding carboxylic acids is 1. The van der Waals surface area contributed by atoms with Crippen LogP contribution in [0.1, 0.15) is 20.3 Å². The smallest absolute Gasteiger partial charge is 0.334 e. The van der Waals surface area contributed by atoms with Crippen LogP contribution >= 0.6 is 0 Å². The fraction of sp³-hybridized carbons (Fsp3) is 0.444. The Kier molecular flexibility index (Phi) is 2.47. The fourth-order valence-electron chi connectivity index (χ4n) is 1.04. The van der Waals surface area contributed by atoms with Crippen LogP contribution in [-0.2, 0) is 9.53 Å². The Morgan fingerprint density at radius 3 is 2.82 bits per heavy atom. The zero-order valence-corrected chi connectivity index (χ0v) is 6.83. The predicted octanol–water partition coefficient (Wildman–Crippen LogP) is 1.82. The lowest BCUT2D eigenvalue weighted by molar-refractivity contribution is -0.138. The molecule has 0 saturated carbocycles. The molecule has 0 N–H and O–H groups in total. The largest absolute Gasteiger partial charge is 0.459 e. The molecule has 1 saturated heterocycles. The second-order valence-electron chi connectivity index (χ2n) is 2.64. The third kappa shape index (κ3) is 1.93. The van der Waals surface area contributed by atoms with Crippen molar-refractivity contribution in [2.45, 2.75) is 26.4 Å². The lowest BCUT2D eigenvalue weighted by Crippen LogP contribution is -1.99. The van der Waals surface area contributed by atoms with Crippen LogP contribution in [0.15, 0.2) is 23.8 Å². The van der Waals surface area contributed by atoms with Crippen LogP contribution in [0.4, 0.5) is 0 Å². The highest BCUT2D eigenvalue weighted by Gasteiger charge is 2.24. The van der Waals surface area contributed by atoms with E-state index in [-0.39, 0.29) is 12.1 Å². The summed E-state index contributed by atoms with van der Waals surface area (Å²) in [5, 5.41) is 0. The van der Waals surface area contributed by atoms with E-state index in [1.165, 1.54) is 0 Å². The molecule has 1 aliphatic rings. The first-order valence-corrected chi connectivity index (χ1v) is 3.77. The minimum Gasteiger partial charge on any atom is -0.459 e. The van der Waals surface area contributed by atoms with Crippen molar-refractivity contribution in [1.82, 2.24) is 0 Å². The van der Waals surface area contributed by atoms with Gasteiger partial charge in [-0.15, -0.1) is 0 Å². The third-order valence-corrected chi connectivity index (χ3v) is 1.57. The fourth-order valence-corrected chi connectivity index (χ4v) is 1.04. The van der Waals surface area contributed by atoms with E-state index in [4.69, 9.17) is 4.74 Å². The molecule has 60 valence electrons. The van der Waals surface area contributed by atoms with Gasteiger partial charge in [0.1, 0.15) is 6.10 Å². The van der Waals surface area contributed by atoms with E-state index in [9.17, 15) is 4.79 Å². The summed E-state index contributed by atoms with van der Waals surface area (Å²) in [6, 6.07) is 0. The molecule has 1 atom stereocenters. The first-order chi connectivity index (χ1) is 5.24. The quantitative estimate of drug-likeness (QED) is 0.423. The lowest BCUT2D eigenvalue weighted by atomic mass is 10.1. The molecular formula is C9H12O2. The number of ether oxygens (including phenoxy) is 1. The van der Waals surface area contributed by atoms with Gasteiger partial charge in [0.2, 0.25) is 0 Å². The molecule has 0 radical (unpaired) electrons. The molecule has 1 aliphatic heterocycles. The van der Waals surface area contributed by atoms with Gasteiger partial charge in [-0.2, -0.15) is 0 Å². The highest BCUT2D eigenvalue weighted by atomic mass is 16.5. The van der Waals surface area contributed by atoms with E-state index < -0.39 is 0 Å². The van der Waals surface area contributed by atoms with Gasteiger partial charge in [0.25, 0.3) is 0 Å². The molecule has 0 aliphatic carbocycles. The maximum Gasteiger partial charge on any atom is 0.334 e. The molecule has 1 rings (SSSR count). The number of carbonyl (C=O) groups is 1. The summed E-state index contributed by atoms with van der Waals surface area (Å²) in [6.45, 7) is 3.81. The van der Waals surface area contributed by atoms with Crippen LogP contribution in [0.2, 0.25) is 0 Å². The minimum absolute atomic E-state index is 0.0546. The highest BCUT2D eigenvalue weighted by molar-refractivity contribution is 5.90. The Balaban J connectivity index is 2.67. The van der Waals surface area contributed by atoms with Gasteiger partial charge in [-0.3, -0.25) is 0 Å². The van der Waals surface area contributed by atoms with Crippen LogP contribution in [0.5, 0.6) is 0 Å². The van der Waals surface area contributed by atoms with Gasteiger partial charge in [0.15, 0.2) is 0 Å². The van der Waals surface area contributed by atoms with Crippen molar-refractivity contribution in [2.24, 2.45) is 0 Å². The zero-order chi connectivity index (χ0) is 8.27. The van der Waals surface area contributed by atoms with Crippen LogP contribution in [0.3, 0.4) is 0 Å². The minimum atomic E-state index is -0.171. The Labute approximate surface area is 66.5 Å². The van der Waals surface area contributed by atoms with E-state index >= 15 is 0 Å². The number of esters is 1. The molecule has 0 amide bonds. The third-order valence-electron chi connectivity index (χ3n) is 1.57. The Hall–Kier alpha value is -1.05. The van der Waals surface area contributed by atoms with Gasteiger partial charge in [-0.25, -0.2) is 4.79 Å². The monoisotopic (exact) mass is 152 g/mol. The van der Waals surface area contributed by atoms with Crippen LogP contribution in [0.25, 0.3) is 0 Å². The standard InChI is InChI=1S/C9H12O2/c1-3-4-5-8-6-7(2)11-9(8)10/h3-5,7H,6H2,1-2H3/b4-3?,8-5-. The number of cyclic esters (lactones) is 1. The van der Waals surface area contributed by atoms with Gasteiger partial charge >= 0.3 is 5.97 Å². The number of rotatable bonds is 1. The molecule has 0 bridgehead atoms. The molecule has 0 aromatic rings. The average Bonchev–Trinajstić information content (AvgIpc) is 2.26.